The van der Waals surface area contributed by atoms with Gasteiger partial charge in [0.2, 0.25) is 11.8 Å². The summed E-state index contributed by atoms with van der Waals surface area (Å²) in [6.45, 7) is 6.52. The maximum atomic E-state index is 13.6. The fourth-order valence-electron chi connectivity index (χ4n) is 6.49. The number of likely N-dealkylation sites (tertiary alicyclic amines) is 3. The lowest BCUT2D eigenvalue weighted by molar-refractivity contribution is -0.141. The molecule has 38 heavy (non-hydrogen) atoms. The van der Waals surface area contributed by atoms with Crippen molar-refractivity contribution in [1.82, 2.24) is 20.0 Å². The number of hydrogen-bond donors (Lipinski definition) is 1. The highest BCUT2D eigenvalue weighted by Gasteiger charge is 2.53. The largest absolute Gasteiger partial charge is 0.444 e. The Kier molecular flexibility index (Phi) is 6.79. The Morgan fingerprint density at radius 2 is 2.00 bits per heavy atom. The van der Waals surface area contributed by atoms with Crippen molar-refractivity contribution in [2.45, 2.75) is 88.7 Å². The van der Waals surface area contributed by atoms with Crippen LogP contribution in [0, 0.1) is 22.7 Å². The van der Waals surface area contributed by atoms with E-state index in [1.54, 1.807) is 20.8 Å². The number of benzene rings is 1. The molecule has 1 unspecified atom stereocenters. The summed E-state index contributed by atoms with van der Waals surface area (Å²) in [6.07, 6.45) is 3.02. The van der Waals surface area contributed by atoms with Crippen LogP contribution in [0.4, 0.5) is 4.79 Å². The van der Waals surface area contributed by atoms with E-state index in [4.69, 9.17) is 4.74 Å². The zero-order chi connectivity index (χ0) is 27.2. The van der Waals surface area contributed by atoms with E-state index in [9.17, 15) is 24.9 Å². The molecule has 3 heterocycles. The second-order valence-electron chi connectivity index (χ2n) is 11.7. The molecule has 4 aliphatic rings. The van der Waals surface area contributed by atoms with Gasteiger partial charge < -0.3 is 19.9 Å². The van der Waals surface area contributed by atoms with Crippen molar-refractivity contribution in [1.29, 1.82) is 10.5 Å². The lowest BCUT2D eigenvalue weighted by atomic mass is 10.0. The molecular weight excluding hydrogens is 484 g/mol. The molecule has 1 aromatic carbocycles. The van der Waals surface area contributed by atoms with Crippen LogP contribution in [0.3, 0.4) is 0 Å². The third kappa shape index (κ3) is 4.81. The third-order valence-corrected chi connectivity index (χ3v) is 8.06. The Bertz CT molecular complexity index is 1230. The number of ether oxygens (including phenoxy) is 1. The lowest BCUT2D eigenvalue weighted by Crippen LogP contribution is -2.59. The summed E-state index contributed by atoms with van der Waals surface area (Å²) < 4.78 is 5.42. The number of hydrogen-bond acceptors (Lipinski definition) is 7. The highest BCUT2D eigenvalue weighted by atomic mass is 16.6. The smallest absolute Gasteiger partial charge is 0.408 e. The second kappa shape index (κ2) is 9.92. The molecule has 2 bridgehead atoms. The summed E-state index contributed by atoms with van der Waals surface area (Å²) in [6, 6.07) is 8.32. The number of rotatable bonds is 5. The molecule has 3 saturated heterocycles. The van der Waals surface area contributed by atoms with Gasteiger partial charge in [-0.05, 0) is 76.1 Å². The van der Waals surface area contributed by atoms with Crippen molar-refractivity contribution in [2.75, 3.05) is 19.6 Å². The Morgan fingerprint density at radius 1 is 1.21 bits per heavy atom. The van der Waals surface area contributed by atoms with E-state index in [-0.39, 0.29) is 36.5 Å². The first-order valence-electron chi connectivity index (χ1n) is 13.4. The van der Waals surface area contributed by atoms with Crippen LogP contribution in [-0.4, -0.2) is 82.0 Å². The quantitative estimate of drug-likeness (QED) is 0.633. The van der Waals surface area contributed by atoms with Crippen molar-refractivity contribution < 1.29 is 19.1 Å². The van der Waals surface area contributed by atoms with Gasteiger partial charge >= 0.3 is 6.09 Å². The predicted octanol–water partition coefficient (Wildman–Crippen LogP) is 2.24. The minimum atomic E-state index is -0.920. The molecular formula is C28H34N6O4. The first-order chi connectivity index (χ1) is 18.1. The molecule has 1 N–H and O–H groups in total. The second-order valence-corrected chi connectivity index (χ2v) is 11.7. The van der Waals surface area contributed by atoms with Crippen LogP contribution in [0.5, 0.6) is 0 Å². The van der Waals surface area contributed by atoms with Crippen LogP contribution in [0.1, 0.15) is 69.2 Å². The number of nitriles is 2. The fraction of sp³-hybridized carbons (Fsp3) is 0.607. The minimum Gasteiger partial charge on any atom is -0.444 e. The molecule has 10 heteroatoms. The Hall–Kier alpha value is -3.63. The van der Waals surface area contributed by atoms with E-state index in [1.807, 2.05) is 28.0 Å². The number of carbonyl (C=O) groups excluding carboxylic acids is 3. The number of amides is 3. The third-order valence-electron chi connectivity index (χ3n) is 8.06. The molecule has 1 aromatic rings. The van der Waals surface area contributed by atoms with E-state index in [2.05, 4.69) is 17.5 Å². The first kappa shape index (κ1) is 26.0. The Morgan fingerprint density at radius 3 is 2.68 bits per heavy atom. The van der Waals surface area contributed by atoms with Crippen molar-refractivity contribution in [3.05, 3.63) is 34.9 Å². The number of piperazine rings is 1. The van der Waals surface area contributed by atoms with Gasteiger partial charge in [-0.3, -0.25) is 14.5 Å². The zero-order valence-electron chi connectivity index (χ0n) is 22.1. The van der Waals surface area contributed by atoms with E-state index in [1.165, 1.54) is 4.90 Å². The summed E-state index contributed by atoms with van der Waals surface area (Å²) >= 11 is 0. The van der Waals surface area contributed by atoms with E-state index in [0.29, 0.717) is 31.5 Å². The molecule has 1 aliphatic carbocycles. The van der Waals surface area contributed by atoms with Gasteiger partial charge in [-0.15, -0.1) is 0 Å². The van der Waals surface area contributed by atoms with Gasteiger partial charge in [0.05, 0.1) is 29.8 Å². The molecule has 5 atom stereocenters. The molecule has 3 aliphatic heterocycles. The van der Waals surface area contributed by atoms with Crippen molar-refractivity contribution in [2.24, 2.45) is 0 Å². The monoisotopic (exact) mass is 518 g/mol. The van der Waals surface area contributed by atoms with Gasteiger partial charge in [0, 0.05) is 25.7 Å². The summed E-state index contributed by atoms with van der Waals surface area (Å²) in [4.78, 5) is 45.3. The molecule has 200 valence electrons. The Labute approximate surface area is 223 Å². The van der Waals surface area contributed by atoms with Gasteiger partial charge in [-0.25, -0.2) is 4.79 Å². The highest BCUT2D eigenvalue weighted by Crippen LogP contribution is 2.44. The molecule has 10 nitrogen and oxygen atoms in total. The number of carbonyl (C=O) groups is 3. The van der Waals surface area contributed by atoms with Crippen LogP contribution in [0.25, 0.3) is 0 Å². The average molecular weight is 519 g/mol. The van der Waals surface area contributed by atoms with Gasteiger partial charge in [0.15, 0.2) is 0 Å². The number of nitrogens with zero attached hydrogens (tertiary/aromatic N) is 5. The van der Waals surface area contributed by atoms with E-state index in [0.717, 1.165) is 30.4 Å². The number of aryl methyl sites for hydroxylation is 1. The molecule has 0 spiro atoms. The predicted molar refractivity (Wildman–Crippen MR) is 136 cm³/mol. The first-order valence-corrected chi connectivity index (χ1v) is 13.4. The number of fused-ring (bicyclic) bond motifs is 3. The molecule has 0 aromatic heterocycles. The topological polar surface area (TPSA) is 130 Å². The Balaban J connectivity index is 1.31. The van der Waals surface area contributed by atoms with Gasteiger partial charge in [-0.2, -0.15) is 10.5 Å². The molecule has 5 rings (SSSR count). The van der Waals surface area contributed by atoms with Crippen LogP contribution in [0.15, 0.2) is 18.2 Å². The lowest BCUT2D eigenvalue weighted by Gasteiger charge is -2.39. The minimum absolute atomic E-state index is 0.000645. The average Bonchev–Trinajstić information content (AvgIpc) is 3.64. The van der Waals surface area contributed by atoms with Crippen molar-refractivity contribution >= 4 is 17.9 Å². The van der Waals surface area contributed by atoms with Gasteiger partial charge in [0.1, 0.15) is 17.7 Å². The fourth-order valence-corrected chi connectivity index (χ4v) is 6.49. The summed E-state index contributed by atoms with van der Waals surface area (Å²) in [5, 5.41) is 21.5. The van der Waals surface area contributed by atoms with Crippen LogP contribution >= 0.6 is 0 Å². The maximum absolute atomic E-state index is 13.6. The summed E-state index contributed by atoms with van der Waals surface area (Å²) in [5.74, 6) is -0.270. The van der Waals surface area contributed by atoms with Crippen LogP contribution < -0.4 is 5.32 Å². The summed E-state index contributed by atoms with van der Waals surface area (Å²) in [7, 11) is 0. The number of nitrogens with one attached hydrogen (secondary N) is 1. The van der Waals surface area contributed by atoms with Gasteiger partial charge in [0.25, 0.3) is 0 Å². The number of alkyl carbamates (subject to hydrolysis) is 1. The molecule has 3 amide bonds. The van der Waals surface area contributed by atoms with Crippen molar-refractivity contribution in [3.63, 3.8) is 0 Å². The van der Waals surface area contributed by atoms with E-state index >= 15 is 0 Å². The zero-order valence-corrected chi connectivity index (χ0v) is 22.1. The normalized spacial score (nSPS) is 27.1. The van der Waals surface area contributed by atoms with Gasteiger partial charge in [-0.1, -0.05) is 6.07 Å². The SMILES string of the molecule is CC(C)(C)OC(=O)N[C@@H](CN1C[C@@H]2CC1C(=O)N2[C@H]1CCc2cc(C#N)ccc21)C(=O)N1CCC[C@H]1C#N. The highest BCUT2D eigenvalue weighted by molar-refractivity contribution is 5.88. The van der Waals surface area contributed by atoms with E-state index < -0.39 is 23.8 Å². The maximum Gasteiger partial charge on any atom is 0.408 e. The van der Waals surface area contributed by atoms with Crippen LogP contribution in [-0.2, 0) is 20.7 Å². The molecule has 0 radical (unpaired) electrons. The molecule has 3 fully saturated rings. The van der Waals surface area contributed by atoms with Crippen molar-refractivity contribution in [3.8, 4) is 12.1 Å². The molecule has 0 saturated carbocycles. The standard InChI is InChI=1S/C28H34N6O4/c1-28(2,3)38-27(37)31-22(25(35)33-10-4-5-19(33)14-30)16-32-15-20-12-24(32)26(36)34(20)23-9-7-18-11-17(13-29)6-8-21(18)23/h6,8,11,19-20,22-24H,4-5,7,9-10,12,15-16H2,1-3H3,(H,31,37)/t19-,20-,22-,23-,24?/m0/s1. The van der Waals surface area contributed by atoms with Crippen LogP contribution in [0.2, 0.25) is 0 Å². The summed E-state index contributed by atoms with van der Waals surface area (Å²) in [5.41, 5.74) is 2.16.